The minimum atomic E-state index is -7.84. The first-order chi connectivity index (χ1) is 14.2. The van der Waals surface area contributed by atoms with E-state index < -0.39 is 73.2 Å². The minimum absolute atomic E-state index is 0.0353. The first-order valence-electron chi connectivity index (χ1n) is 9.12. The molecule has 0 spiro atoms. The summed E-state index contributed by atoms with van der Waals surface area (Å²) in [7, 11) is 0. The first-order valence-corrected chi connectivity index (χ1v) is 9.12. The van der Waals surface area contributed by atoms with Crippen LogP contribution in [-0.2, 0) is 14.4 Å². The lowest BCUT2D eigenvalue weighted by molar-refractivity contribution is -0.457. The SMILES string of the molecule is CCCN1O[C@@](F)(C(F)(F)C(F)(F)C(F)(F)C(F)(F)C(F)(F)F)[C@H](C(=O)OCC)[C@H]1CC. The lowest BCUT2D eigenvalue weighted by atomic mass is 9.82. The van der Waals surface area contributed by atoms with E-state index in [4.69, 9.17) is 0 Å². The number of nitrogens with zero attached hydrogens (tertiary/aromatic N) is 1. The average Bonchev–Trinajstić information content (AvgIpc) is 2.93. The molecular formula is C16H19F12NO3. The Labute approximate surface area is 173 Å². The maximum atomic E-state index is 15.4. The molecule has 1 aliphatic heterocycles. The highest BCUT2D eigenvalue weighted by Crippen LogP contribution is 2.63. The second-order valence-corrected chi connectivity index (χ2v) is 6.88. The molecule has 0 N–H and O–H groups in total. The standard InChI is InChI=1S/C16H19F12NO3/c1-4-7-29-8(5-2)9(10(30)31-6-3)11(17,32-29)12(18,19)13(20,21)14(22,23)15(24,25)16(26,27)28/h8-9H,4-7H2,1-3H3/t8-,9+,11-/m1/s1. The summed E-state index contributed by atoms with van der Waals surface area (Å²) >= 11 is 0. The van der Waals surface area contributed by atoms with Crippen molar-refractivity contribution < 1.29 is 67.1 Å². The Morgan fingerprint density at radius 1 is 0.906 bits per heavy atom. The van der Waals surface area contributed by atoms with Gasteiger partial charge in [-0.2, -0.15) is 53.4 Å². The second-order valence-electron chi connectivity index (χ2n) is 6.88. The van der Waals surface area contributed by atoms with E-state index in [-0.39, 0.29) is 11.5 Å². The predicted molar refractivity (Wildman–Crippen MR) is 82.0 cm³/mol. The highest BCUT2D eigenvalue weighted by atomic mass is 19.4. The lowest BCUT2D eigenvalue weighted by Crippen LogP contribution is -2.72. The summed E-state index contributed by atoms with van der Waals surface area (Å²) in [6.45, 7) is 2.44. The van der Waals surface area contributed by atoms with Gasteiger partial charge in [0.05, 0.1) is 12.6 Å². The van der Waals surface area contributed by atoms with Crippen molar-refractivity contribution in [1.82, 2.24) is 5.06 Å². The smallest absolute Gasteiger partial charge is 0.460 e. The molecule has 0 radical (unpaired) electrons. The van der Waals surface area contributed by atoms with Crippen LogP contribution in [0.3, 0.4) is 0 Å². The van der Waals surface area contributed by atoms with Gasteiger partial charge in [0.25, 0.3) is 0 Å². The topological polar surface area (TPSA) is 38.8 Å². The Morgan fingerprint density at radius 2 is 1.41 bits per heavy atom. The zero-order valence-electron chi connectivity index (χ0n) is 16.7. The van der Waals surface area contributed by atoms with Crippen LogP contribution in [0.2, 0.25) is 0 Å². The molecule has 190 valence electrons. The third-order valence-electron chi connectivity index (χ3n) is 4.77. The highest BCUT2D eigenvalue weighted by Gasteiger charge is 2.92. The van der Waals surface area contributed by atoms with E-state index in [0.29, 0.717) is 0 Å². The number of esters is 1. The molecule has 1 saturated heterocycles. The van der Waals surface area contributed by atoms with Crippen LogP contribution >= 0.6 is 0 Å². The summed E-state index contributed by atoms with van der Waals surface area (Å²) in [5.41, 5.74) is 0. The van der Waals surface area contributed by atoms with Gasteiger partial charge >= 0.3 is 41.7 Å². The molecule has 0 aromatic rings. The average molecular weight is 501 g/mol. The molecule has 0 amide bonds. The zero-order valence-corrected chi connectivity index (χ0v) is 16.7. The molecule has 0 aromatic carbocycles. The van der Waals surface area contributed by atoms with Crippen LogP contribution in [0.1, 0.15) is 33.6 Å². The van der Waals surface area contributed by atoms with E-state index in [9.17, 15) is 53.1 Å². The van der Waals surface area contributed by atoms with Crippen LogP contribution < -0.4 is 0 Å². The number of alkyl halides is 12. The molecule has 1 aliphatic rings. The summed E-state index contributed by atoms with van der Waals surface area (Å²) < 4.78 is 168. The Hall–Kier alpha value is -1.45. The molecular weight excluding hydrogens is 482 g/mol. The molecule has 0 saturated carbocycles. The fourth-order valence-corrected chi connectivity index (χ4v) is 3.16. The number of halogens is 12. The van der Waals surface area contributed by atoms with Gasteiger partial charge in [-0.1, -0.05) is 13.8 Å². The quantitative estimate of drug-likeness (QED) is 0.315. The van der Waals surface area contributed by atoms with Gasteiger partial charge in [0.1, 0.15) is 5.92 Å². The number of hydroxylamine groups is 2. The van der Waals surface area contributed by atoms with E-state index in [1.165, 1.54) is 6.92 Å². The van der Waals surface area contributed by atoms with Gasteiger partial charge in [-0.3, -0.25) is 9.63 Å². The summed E-state index contributed by atoms with van der Waals surface area (Å²) in [5.74, 6) is -40.8. The Morgan fingerprint density at radius 3 is 1.78 bits per heavy atom. The summed E-state index contributed by atoms with van der Waals surface area (Å²) in [5, 5.41) is 0.242. The van der Waals surface area contributed by atoms with Gasteiger partial charge in [-0.25, -0.2) is 4.39 Å². The van der Waals surface area contributed by atoms with E-state index in [2.05, 4.69) is 9.57 Å². The van der Waals surface area contributed by atoms with Crippen molar-refractivity contribution in [3.8, 4) is 0 Å². The number of hydrogen-bond donors (Lipinski definition) is 0. The summed E-state index contributed by atoms with van der Waals surface area (Å²) in [6, 6.07) is -1.82. The van der Waals surface area contributed by atoms with E-state index in [1.54, 1.807) is 0 Å². The van der Waals surface area contributed by atoms with Gasteiger partial charge in [-0.05, 0) is 19.8 Å². The van der Waals surface area contributed by atoms with Crippen molar-refractivity contribution in [2.45, 2.75) is 75.4 Å². The number of carbonyl (C=O) groups is 1. The minimum Gasteiger partial charge on any atom is -0.466 e. The molecule has 3 atom stereocenters. The highest BCUT2D eigenvalue weighted by molar-refractivity contribution is 5.75. The molecule has 1 fully saturated rings. The predicted octanol–water partition coefficient (Wildman–Crippen LogP) is 5.37. The Bertz CT molecular complexity index is 684. The van der Waals surface area contributed by atoms with Crippen LogP contribution in [0.15, 0.2) is 0 Å². The summed E-state index contributed by atoms with van der Waals surface area (Å²) in [4.78, 5) is 16.2. The first kappa shape index (κ1) is 28.6. The maximum Gasteiger partial charge on any atom is 0.460 e. The van der Waals surface area contributed by atoms with Crippen molar-refractivity contribution in [3.63, 3.8) is 0 Å². The van der Waals surface area contributed by atoms with Gasteiger partial charge < -0.3 is 4.74 Å². The number of carbonyl (C=O) groups excluding carboxylic acids is 1. The van der Waals surface area contributed by atoms with Crippen molar-refractivity contribution in [2.75, 3.05) is 13.2 Å². The fourth-order valence-electron chi connectivity index (χ4n) is 3.16. The van der Waals surface area contributed by atoms with E-state index >= 15 is 4.39 Å². The monoisotopic (exact) mass is 501 g/mol. The maximum absolute atomic E-state index is 15.4. The van der Waals surface area contributed by atoms with Crippen LogP contribution in [0.4, 0.5) is 52.7 Å². The van der Waals surface area contributed by atoms with Crippen molar-refractivity contribution in [2.24, 2.45) is 5.92 Å². The van der Waals surface area contributed by atoms with Crippen molar-refractivity contribution >= 4 is 5.97 Å². The van der Waals surface area contributed by atoms with Gasteiger partial charge in [0.15, 0.2) is 0 Å². The summed E-state index contributed by atoms with van der Waals surface area (Å²) in [6.07, 6.45) is -7.92. The molecule has 4 nitrogen and oxygen atoms in total. The molecule has 0 aliphatic carbocycles. The molecule has 1 heterocycles. The fraction of sp³-hybridized carbons (Fsp3) is 0.938. The Balaban J connectivity index is 3.72. The normalized spacial score (nSPS) is 26.5. The molecule has 16 heteroatoms. The van der Waals surface area contributed by atoms with Crippen LogP contribution in [-0.4, -0.2) is 65.9 Å². The third-order valence-corrected chi connectivity index (χ3v) is 4.77. The van der Waals surface area contributed by atoms with Crippen LogP contribution in [0.5, 0.6) is 0 Å². The zero-order chi connectivity index (χ0) is 25.6. The van der Waals surface area contributed by atoms with Gasteiger partial charge in [0.2, 0.25) is 0 Å². The number of rotatable bonds is 9. The molecule has 1 rings (SSSR count). The largest absolute Gasteiger partial charge is 0.466 e. The van der Waals surface area contributed by atoms with Crippen LogP contribution in [0, 0.1) is 5.92 Å². The van der Waals surface area contributed by atoms with Gasteiger partial charge in [0, 0.05) is 6.54 Å². The molecule has 0 aromatic heterocycles. The molecule has 32 heavy (non-hydrogen) atoms. The van der Waals surface area contributed by atoms with E-state index in [1.807, 2.05) is 0 Å². The van der Waals surface area contributed by atoms with E-state index in [0.717, 1.165) is 13.8 Å². The number of ether oxygens (including phenoxy) is 1. The molecule has 0 unspecified atom stereocenters. The van der Waals surface area contributed by atoms with Crippen LogP contribution in [0.25, 0.3) is 0 Å². The van der Waals surface area contributed by atoms with Crippen molar-refractivity contribution in [3.05, 3.63) is 0 Å². The Kier molecular flexibility index (Phi) is 7.79. The lowest BCUT2D eigenvalue weighted by Gasteiger charge is -2.41. The molecule has 0 bridgehead atoms. The van der Waals surface area contributed by atoms with Gasteiger partial charge in [-0.15, -0.1) is 0 Å². The number of hydrogen-bond acceptors (Lipinski definition) is 4. The second kappa shape index (κ2) is 8.72. The van der Waals surface area contributed by atoms with Crippen molar-refractivity contribution in [1.29, 1.82) is 0 Å². The third kappa shape index (κ3) is 3.90.